The average molecular weight is 326 g/mol. The SMILES string of the molecule is Cc1nc2cnccc2n1-c1ccc(C(=O)N2CCCCC2)s1. The van der Waals surface area contributed by atoms with E-state index < -0.39 is 0 Å². The maximum atomic E-state index is 12.6. The van der Waals surface area contributed by atoms with Crippen LogP contribution >= 0.6 is 11.3 Å². The Kier molecular flexibility index (Phi) is 3.61. The second kappa shape index (κ2) is 5.77. The average Bonchev–Trinajstić information content (AvgIpc) is 3.18. The fourth-order valence-corrected chi connectivity index (χ4v) is 4.18. The van der Waals surface area contributed by atoms with Gasteiger partial charge in [-0.15, -0.1) is 11.3 Å². The van der Waals surface area contributed by atoms with E-state index in [1.54, 1.807) is 12.4 Å². The minimum Gasteiger partial charge on any atom is -0.338 e. The molecule has 0 unspecified atom stereocenters. The summed E-state index contributed by atoms with van der Waals surface area (Å²) >= 11 is 1.53. The van der Waals surface area contributed by atoms with Gasteiger partial charge in [0.05, 0.1) is 16.6 Å². The van der Waals surface area contributed by atoms with Crippen molar-refractivity contribution in [1.82, 2.24) is 19.4 Å². The predicted octanol–water partition coefficient (Wildman–Crippen LogP) is 3.42. The lowest BCUT2D eigenvalue weighted by molar-refractivity contribution is 0.0729. The minimum atomic E-state index is 0.157. The molecule has 5 nitrogen and oxygen atoms in total. The van der Waals surface area contributed by atoms with Gasteiger partial charge in [0.2, 0.25) is 0 Å². The smallest absolute Gasteiger partial charge is 0.263 e. The molecule has 1 amide bonds. The Labute approximate surface area is 138 Å². The first-order valence-electron chi connectivity index (χ1n) is 7.92. The lowest BCUT2D eigenvalue weighted by atomic mass is 10.1. The molecular weight excluding hydrogens is 308 g/mol. The number of fused-ring (bicyclic) bond motifs is 1. The van der Waals surface area contributed by atoms with Crippen LogP contribution in [0.3, 0.4) is 0 Å². The van der Waals surface area contributed by atoms with Gasteiger partial charge in [0.1, 0.15) is 16.3 Å². The molecule has 118 valence electrons. The molecule has 1 fully saturated rings. The van der Waals surface area contributed by atoms with E-state index in [4.69, 9.17) is 0 Å². The number of rotatable bonds is 2. The molecule has 6 heteroatoms. The third kappa shape index (κ3) is 2.53. The molecule has 0 atom stereocenters. The normalized spacial score (nSPS) is 15.3. The number of nitrogens with zero attached hydrogens (tertiary/aromatic N) is 4. The highest BCUT2D eigenvalue weighted by atomic mass is 32.1. The highest BCUT2D eigenvalue weighted by Crippen LogP contribution is 2.28. The number of carbonyl (C=O) groups excluding carboxylic acids is 1. The van der Waals surface area contributed by atoms with Crippen LogP contribution in [0.25, 0.3) is 16.0 Å². The van der Waals surface area contributed by atoms with Crippen molar-refractivity contribution in [3.05, 3.63) is 41.3 Å². The van der Waals surface area contributed by atoms with Gasteiger partial charge in [-0.1, -0.05) is 0 Å². The fraction of sp³-hybridized carbons (Fsp3) is 0.353. The van der Waals surface area contributed by atoms with Gasteiger partial charge in [-0.2, -0.15) is 0 Å². The molecule has 0 bridgehead atoms. The van der Waals surface area contributed by atoms with E-state index in [1.165, 1.54) is 17.8 Å². The number of aromatic nitrogens is 3. The first-order valence-corrected chi connectivity index (χ1v) is 8.74. The van der Waals surface area contributed by atoms with E-state index >= 15 is 0 Å². The Morgan fingerprint density at radius 1 is 1.17 bits per heavy atom. The summed E-state index contributed by atoms with van der Waals surface area (Å²) in [6.07, 6.45) is 7.00. The third-order valence-electron chi connectivity index (χ3n) is 4.29. The number of pyridine rings is 1. The first kappa shape index (κ1) is 14.4. The van der Waals surface area contributed by atoms with Gasteiger partial charge in [0.25, 0.3) is 5.91 Å². The van der Waals surface area contributed by atoms with Crippen molar-refractivity contribution in [1.29, 1.82) is 0 Å². The van der Waals surface area contributed by atoms with Gasteiger partial charge in [0, 0.05) is 19.3 Å². The highest BCUT2D eigenvalue weighted by molar-refractivity contribution is 7.16. The molecule has 3 aromatic heterocycles. The molecule has 23 heavy (non-hydrogen) atoms. The van der Waals surface area contributed by atoms with Crippen molar-refractivity contribution < 1.29 is 4.79 Å². The molecule has 0 radical (unpaired) electrons. The molecule has 1 aliphatic rings. The molecule has 0 saturated carbocycles. The molecule has 0 N–H and O–H groups in total. The summed E-state index contributed by atoms with van der Waals surface area (Å²) in [5, 5.41) is 1.02. The van der Waals surface area contributed by atoms with Crippen LogP contribution in [0.2, 0.25) is 0 Å². The summed E-state index contributed by atoms with van der Waals surface area (Å²) in [4.78, 5) is 24.1. The molecular formula is C17H18N4OS. The third-order valence-corrected chi connectivity index (χ3v) is 5.35. The number of piperidine rings is 1. The van der Waals surface area contributed by atoms with E-state index in [-0.39, 0.29) is 5.91 Å². The number of likely N-dealkylation sites (tertiary alicyclic amines) is 1. The highest BCUT2D eigenvalue weighted by Gasteiger charge is 2.20. The second-order valence-electron chi connectivity index (χ2n) is 5.85. The quantitative estimate of drug-likeness (QED) is 0.725. The first-order chi connectivity index (χ1) is 11.2. The van der Waals surface area contributed by atoms with Crippen molar-refractivity contribution in [3.63, 3.8) is 0 Å². The van der Waals surface area contributed by atoms with E-state index in [9.17, 15) is 4.79 Å². The maximum absolute atomic E-state index is 12.6. The molecule has 0 aromatic carbocycles. The zero-order chi connectivity index (χ0) is 15.8. The molecule has 0 spiro atoms. The van der Waals surface area contributed by atoms with Crippen molar-refractivity contribution >= 4 is 28.3 Å². The Morgan fingerprint density at radius 2 is 2.00 bits per heavy atom. The zero-order valence-corrected chi connectivity index (χ0v) is 13.8. The number of amides is 1. The number of hydrogen-bond donors (Lipinski definition) is 0. The van der Waals surface area contributed by atoms with Crippen LogP contribution in [0.4, 0.5) is 0 Å². The molecule has 0 aliphatic carbocycles. The Morgan fingerprint density at radius 3 is 2.83 bits per heavy atom. The topological polar surface area (TPSA) is 51.0 Å². The van der Waals surface area contributed by atoms with Gasteiger partial charge in [0.15, 0.2) is 0 Å². The van der Waals surface area contributed by atoms with Crippen molar-refractivity contribution in [2.75, 3.05) is 13.1 Å². The van der Waals surface area contributed by atoms with Gasteiger partial charge in [-0.3, -0.25) is 14.3 Å². The van der Waals surface area contributed by atoms with Crippen molar-refractivity contribution in [3.8, 4) is 5.00 Å². The largest absolute Gasteiger partial charge is 0.338 e. The lowest BCUT2D eigenvalue weighted by Gasteiger charge is -2.26. The van der Waals surface area contributed by atoms with Crippen LogP contribution in [0, 0.1) is 6.92 Å². The van der Waals surface area contributed by atoms with Crippen LogP contribution in [0.15, 0.2) is 30.6 Å². The van der Waals surface area contributed by atoms with Crippen molar-refractivity contribution in [2.45, 2.75) is 26.2 Å². The lowest BCUT2D eigenvalue weighted by Crippen LogP contribution is -2.35. The zero-order valence-electron chi connectivity index (χ0n) is 13.0. The molecule has 3 aromatic rings. The van der Waals surface area contributed by atoms with Crippen molar-refractivity contribution in [2.24, 2.45) is 0 Å². The molecule has 4 heterocycles. The Hall–Kier alpha value is -2.21. The molecule has 1 saturated heterocycles. The summed E-state index contributed by atoms with van der Waals surface area (Å²) in [7, 11) is 0. The number of hydrogen-bond acceptors (Lipinski definition) is 4. The molecule has 4 rings (SSSR count). The van der Waals surface area contributed by atoms with Crippen LogP contribution in [0.5, 0.6) is 0 Å². The van der Waals surface area contributed by atoms with Crippen LogP contribution in [-0.2, 0) is 0 Å². The summed E-state index contributed by atoms with van der Waals surface area (Å²) in [5.74, 6) is 1.07. The minimum absolute atomic E-state index is 0.157. The molecule has 1 aliphatic heterocycles. The standard InChI is InChI=1S/C17H18N4OS/c1-12-19-13-11-18-8-7-14(13)21(12)16-6-5-15(23-16)17(22)20-9-3-2-4-10-20/h5-8,11H,2-4,9-10H2,1H3. The Bertz CT molecular complexity index is 860. The monoisotopic (exact) mass is 326 g/mol. The maximum Gasteiger partial charge on any atom is 0.263 e. The predicted molar refractivity (Wildman–Crippen MR) is 91.2 cm³/mol. The number of thiophene rings is 1. The summed E-state index contributed by atoms with van der Waals surface area (Å²) in [5.41, 5.74) is 1.90. The van der Waals surface area contributed by atoms with E-state index in [0.29, 0.717) is 0 Å². The van der Waals surface area contributed by atoms with Gasteiger partial charge in [-0.05, 0) is 44.4 Å². The number of carbonyl (C=O) groups is 1. The van der Waals surface area contributed by atoms with Gasteiger partial charge in [-0.25, -0.2) is 4.98 Å². The van der Waals surface area contributed by atoms with E-state index in [1.807, 2.05) is 30.0 Å². The van der Waals surface area contributed by atoms with Crippen LogP contribution in [0.1, 0.15) is 34.8 Å². The summed E-state index contributed by atoms with van der Waals surface area (Å²) in [6.45, 7) is 3.74. The van der Waals surface area contributed by atoms with Crippen LogP contribution in [-0.4, -0.2) is 38.4 Å². The summed E-state index contributed by atoms with van der Waals surface area (Å²) in [6, 6.07) is 5.90. The second-order valence-corrected chi connectivity index (χ2v) is 6.91. The fourth-order valence-electron chi connectivity index (χ4n) is 3.15. The van der Waals surface area contributed by atoms with E-state index in [0.717, 1.165) is 52.7 Å². The number of imidazole rings is 1. The van der Waals surface area contributed by atoms with E-state index in [2.05, 4.69) is 14.5 Å². The van der Waals surface area contributed by atoms with Crippen LogP contribution < -0.4 is 0 Å². The Balaban J connectivity index is 1.69. The van der Waals surface area contributed by atoms with Gasteiger partial charge >= 0.3 is 0 Å². The number of aryl methyl sites for hydroxylation is 1. The van der Waals surface area contributed by atoms with Gasteiger partial charge < -0.3 is 4.90 Å². The summed E-state index contributed by atoms with van der Waals surface area (Å²) < 4.78 is 2.09.